The Balaban J connectivity index is 1.79. The standard InChI is InChI=1S/C13H19N3O2S3/c14-13(19)11-4-5-12(20-11)21(17,18)16-8-7-15-6-2-1-3-10(15)9-16/h4-5,10H,1-3,6-9H2,(H2,14,19). The number of hydrogen-bond donors (Lipinski definition) is 1. The van der Waals surface area contributed by atoms with Gasteiger partial charge in [0, 0.05) is 25.7 Å². The zero-order valence-electron chi connectivity index (χ0n) is 11.7. The molecular weight excluding hydrogens is 326 g/mol. The number of hydrogen-bond acceptors (Lipinski definition) is 5. The van der Waals surface area contributed by atoms with Gasteiger partial charge in [0.25, 0.3) is 10.0 Å². The highest BCUT2D eigenvalue weighted by Gasteiger charge is 2.35. The first kappa shape index (κ1) is 15.4. The molecule has 5 nitrogen and oxygen atoms in total. The van der Waals surface area contributed by atoms with Crippen LogP contribution in [0.15, 0.2) is 16.3 Å². The molecule has 2 aliphatic heterocycles. The number of nitrogens with zero attached hydrogens (tertiary/aromatic N) is 2. The van der Waals surface area contributed by atoms with Crippen LogP contribution in [-0.2, 0) is 10.0 Å². The predicted octanol–water partition coefficient (Wildman–Crippen LogP) is 1.24. The summed E-state index contributed by atoms with van der Waals surface area (Å²) in [5, 5.41) is 0. The average molecular weight is 346 g/mol. The van der Waals surface area contributed by atoms with Gasteiger partial charge in [-0.15, -0.1) is 11.3 Å². The first-order valence-electron chi connectivity index (χ1n) is 7.12. The monoisotopic (exact) mass is 345 g/mol. The smallest absolute Gasteiger partial charge is 0.252 e. The van der Waals surface area contributed by atoms with Gasteiger partial charge in [0.2, 0.25) is 0 Å². The first-order chi connectivity index (χ1) is 9.98. The van der Waals surface area contributed by atoms with Gasteiger partial charge >= 0.3 is 0 Å². The summed E-state index contributed by atoms with van der Waals surface area (Å²) >= 11 is 6.07. The maximum absolute atomic E-state index is 12.7. The van der Waals surface area contributed by atoms with Crippen molar-refractivity contribution < 1.29 is 8.42 Å². The molecule has 2 fully saturated rings. The highest BCUT2D eigenvalue weighted by Crippen LogP contribution is 2.28. The molecule has 3 heterocycles. The van der Waals surface area contributed by atoms with Crippen molar-refractivity contribution >= 4 is 38.6 Å². The molecule has 21 heavy (non-hydrogen) atoms. The van der Waals surface area contributed by atoms with E-state index < -0.39 is 10.0 Å². The molecule has 1 unspecified atom stereocenters. The van der Waals surface area contributed by atoms with Crippen molar-refractivity contribution in [2.75, 3.05) is 26.2 Å². The third-order valence-corrected chi connectivity index (χ3v) is 8.02. The fourth-order valence-electron chi connectivity index (χ4n) is 3.06. The molecule has 0 radical (unpaired) electrons. The molecule has 116 valence electrons. The molecule has 0 bridgehead atoms. The quantitative estimate of drug-likeness (QED) is 0.835. The number of piperazine rings is 1. The molecule has 0 aliphatic carbocycles. The second kappa shape index (κ2) is 5.92. The van der Waals surface area contributed by atoms with Crippen molar-refractivity contribution in [1.29, 1.82) is 0 Å². The molecule has 2 N–H and O–H groups in total. The van der Waals surface area contributed by atoms with Gasteiger partial charge < -0.3 is 5.73 Å². The minimum atomic E-state index is -3.42. The molecule has 1 atom stereocenters. The molecule has 2 aliphatic rings. The van der Waals surface area contributed by atoms with Gasteiger partial charge in [0.1, 0.15) is 9.20 Å². The van der Waals surface area contributed by atoms with Crippen LogP contribution in [0.5, 0.6) is 0 Å². The van der Waals surface area contributed by atoms with Crippen molar-refractivity contribution in [1.82, 2.24) is 9.21 Å². The fraction of sp³-hybridized carbons (Fsp3) is 0.615. The topological polar surface area (TPSA) is 66.6 Å². The normalized spacial score (nSPS) is 24.7. The van der Waals surface area contributed by atoms with E-state index in [9.17, 15) is 8.42 Å². The van der Waals surface area contributed by atoms with Crippen molar-refractivity contribution in [3.8, 4) is 0 Å². The molecule has 0 aromatic carbocycles. The number of rotatable bonds is 3. The number of thiophene rings is 1. The summed E-state index contributed by atoms with van der Waals surface area (Å²) in [5.41, 5.74) is 5.56. The van der Waals surface area contributed by atoms with Gasteiger partial charge in [0.15, 0.2) is 0 Å². The van der Waals surface area contributed by atoms with E-state index in [0.29, 0.717) is 28.2 Å². The molecule has 1 aromatic heterocycles. The molecule has 3 rings (SSSR count). The van der Waals surface area contributed by atoms with Crippen LogP contribution < -0.4 is 5.73 Å². The Kier molecular flexibility index (Phi) is 4.33. The van der Waals surface area contributed by atoms with E-state index in [2.05, 4.69) is 4.90 Å². The Hall–Kier alpha value is -0.540. The maximum atomic E-state index is 12.7. The number of piperidine rings is 1. The summed E-state index contributed by atoms with van der Waals surface area (Å²) < 4.78 is 27.4. The molecule has 2 saturated heterocycles. The number of thiocarbonyl (C=S) groups is 1. The van der Waals surface area contributed by atoms with E-state index in [1.807, 2.05) is 0 Å². The van der Waals surface area contributed by atoms with Crippen molar-refractivity contribution in [2.24, 2.45) is 5.73 Å². The number of nitrogens with two attached hydrogens (primary N) is 1. The van der Waals surface area contributed by atoms with Gasteiger partial charge in [-0.05, 0) is 31.5 Å². The highest BCUT2D eigenvalue weighted by molar-refractivity contribution is 7.91. The van der Waals surface area contributed by atoms with E-state index >= 15 is 0 Å². The van der Waals surface area contributed by atoms with E-state index in [-0.39, 0.29) is 4.99 Å². The Bertz CT molecular complexity index is 641. The molecular formula is C13H19N3O2S3. The predicted molar refractivity (Wildman–Crippen MR) is 88.2 cm³/mol. The summed E-state index contributed by atoms with van der Waals surface area (Å²) in [6.07, 6.45) is 3.51. The third kappa shape index (κ3) is 3.00. The Labute approximate surface area is 134 Å². The molecule has 0 saturated carbocycles. The van der Waals surface area contributed by atoms with Gasteiger partial charge in [-0.3, -0.25) is 4.90 Å². The van der Waals surface area contributed by atoms with Crippen LogP contribution in [0.2, 0.25) is 0 Å². The van der Waals surface area contributed by atoms with Crippen LogP contribution >= 0.6 is 23.6 Å². The zero-order chi connectivity index (χ0) is 15.0. The van der Waals surface area contributed by atoms with Crippen LogP contribution in [0.1, 0.15) is 24.1 Å². The fourth-order valence-corrected chi connectivity index (χ4v) is 6.04. The Morgan fingerprint density at radius 3 is 2.81 bits per heavy atom. The lowest BCUT2D eigenvalue weighted by atomic mass is 10.0. The number of sulfonamides is 1. The SMILES string of the molecule is NC(=S)c1ccc(S(=O)(=O)N2CCN3CCCCC3C2)s1. The summed E-state index contributed by atoms with van der Waals surface area (Å²) in [7, 11) is -3.42. The van der Waals surface area contributed by atoms with E-state index in [1.165, 1.54) is 12.8 Å². The lowest BCUT2D eigenvalue weighted by molar-refractivity contribution is 0.0852. The van der Waals surface area contributed by atoms with Crippen LogP contribution in [-0.4, -0.2) is 54.8 Å². The van der Waals surface area contributed by atoms with Crippen LogP contribution in [0.3, 0.4) is 0 Å². The highest BCUT2D eigenvalue weighted by atomic mass is 32.2. The van der Waals surface area contributed by atoms with E-state index in [4.69, 9.17) is 18.0 Å². The van der Waals surface area contributed by atoms with Crippen LogP contribution in [0, 0.1) is 0 Å². The number of fused-ring (bicyclic) bond motifs is 1. The average Bonchev–Trinajstić information content (AvgIpc) is 2.97. The summed E-state index contributed by atoms with van der Waals surface area (Å²) in [5.74, 6) is 0. The van der Waals surface area contributed by atoms with Gasteiger partial charge in [-0.2, -0.15) is 4.31 Å². The van der Waals surface area contributed by atoms with Gasteiger partial charge in [-0.25, -0.2) is 8.42 Å². The molecule has 8 heteroatoms. The van der Waals surface area contributed by atoms with Crippen molar-refractivity contribution in [3.05, 3.63) is 17.0 Å². The summed E-state index contributed by atoms with van der Waals surface area (Å²) in [6, 6.07) is 3.68. The lowest BCUT2D eigenvalue weighted by Gasteiger charge is -2.43. The second-order valence-corrected chi connectivity index (χ2v) is 9.22. The second-order valence-electron chi connectivity index (χ2n) is 5.53. The minimum Gasteiger partial charge on any atom is -0.389 e. The van der Waals surface area contributed by atoms with Gasteiger partial charge in [-0.1, -0.05) is 18.6 Å². The van der Waals surface area contributed by atoms with Crippen LogP contribution in [0.4, 0.5) is 0 Å². The minimum absolute atomic E-state index is 0.249. The van der Waals surface area contributed by atoms with Gasteiger partial charge in [0.05, 0.1) is 4.88 Å². The Morgan fingerprint density at radius 2 is 2.10 bits per heavy atom. The third-order valence-electron chi connectivity index (χ3n) is 4.22. The Morgan fingerprint density at radius 1 is 1.29 bits per heavy atom. The van der Waals surface area contributed by atoms with Crippen molar-refractivity contribution in [2.45, 2.75) is 29.5 Å². The summed E-state index contributed by atoms with van der Waals surface area (Å²) in [4.78, 5) is 3.32. The van der Waals surface area contributed by atoms with Crippen molar-refractivity contribution in [3.63, 3.8) is 0 Å². The van der Waals surface area contributed by atoms with Crippen LogP contribution in [0.25, 0.3) is 0 Å². The lowest BCUT2D eigenvalue weighted by Crippen LogP contribution is -2.55. The maximum Gasteiger partial charge on any atom is 0.252 e. The summed E-state index contributed by atoms with van der Waals surface area (Å²) in [6.45, 7) is 3.10. The van der Waals surface area contributed by atoms with E-state index in [0.717, 1.165) is 30.8 Å². The molecule has 0 amide bonds. The van der Waals surface area contributed by atoms with E-state index in [1.54, 1.807) is 16.4 Å². The zero-order valence-corrected chi connectivity index (χ0v) is 14.1. The molecule has 1 aromatic rings. The molecule has 0 spiro atoms. The first-order valence-corrected chi connectivity index (χ1v) is 9.79. The largest absolute Gasteiger partial charge is 0.389 e.